The fourth-order valence-corrected chi connectivity index (χ4v) is 2.54. The molecule has 2 atom stereocenters. The number of rotatable bonds is 8. The van der Waals surface area contributed by atoms with E-state index in [1.807, 2.05) is 0 Å². The summed E-state index contributed by atoms with van der Waals surface area (Å²) in [7, 11) is -3.75. The van der Waals surface area contributed by atoms with Crippen LogP contribution in [0.15, 0.2) is 0 Å². The first kappa shape index (κ1) is 14.9. The van der Waals surface area contributed by atoms with E-state index in [4.69, 9.17) is 4.74 Å². The monoisotopic (exact) mass is 266 g/mol. The second-order valence-corrected chi connectivity index (χ2v) is 5.61. The van der Waals surface area contributed by atoms with Crippen molar-refractivity contribution in [1.29, 1.82) is 0 Å². The molecule has 0 N–H and O–H groups in total. The largest absolute Gasteiger partial charge is 0.400 e. The Morgan fingerprint density at radius 1 is 1.41 bits per heavy atom. The van der Waals surface area contributed by atoms with Gasteiger partial charge in [0.2, 0.25) is 0 Å². The molecule has 0 aromatic rings. The van der Waals surface area contributed by atoms with Crippen molar-refractivity contribution in [3.63, 3.8) is 0 Å². The first-order valence-electron chi connectivity index (χ1n) is 6.22. The molecule has 0 aliphatic carbocycles. The van der Waals surface area contributed by atoms with Crippen LogP contribution in [0, 0.1) is 5.92 Å². The molecular weight excluding hydrogens is 244 g/mol. The van der Waals surface area contributed by atoms with Crippen LogP contribution >= 0.6 is 0 Å². The van der Waals surface area contributed by atoms with E-state index >= 15 is 0 Å². The zero-order valence-electron chi connectivity index (χ0n) is 10.6. The molecule has 1 aliphatic heterocycles. The van der Waals surface area contributed by atoms with Gasteiger partial charge in [-0.15, -0.1) is 0 Å². The normalized spacial score (nSPS) is 24.9. The molecule has 102 valence electrons. The average Bonchev–Trinajstić information content (AvgIpc) is 2.63. The molecule has 0 spiro atoms. The maximum atomic E-state index is 10.8. The van der Waals surface area contributed by atoms with Gasteiger partial charge in [-0.25, -0.2) is 8.37 Å². The summed E-state index contributed by atoms with van der Waals surface area (Å²) in [6, 6.07) is 0. The zero-order chi connectivity index (χ0) is 12.7. The summed E-state index contributed by atoms with van der Waals surface area (Å²) in [5.74, 6) is 0.550. The van der Waals surface area contributed by atoms with Crippen molar-refractivity contribution in [3.05, 3.63) is 0 Å². The molecule has 5 nitrogen and oxygen atoms in total. The Balaban J connectivity index is 2.14. The molecule has 0 bridgehead atoms. The van der Waals surface area contributed by atoms with E-state index in [9.17, 15) is 8.42 Å². The number of unbranched alkanes of at least 4 members (excludes halogenated alkanes) is 1. The highest BCUT2D eigenvalue weighted by Gasteiger charge is 2.30. The fraction of sp³-hybridized carbons (Fsp3) is 1.00. The minimum atomic E-state index is -3.75. The summed E-state index contributed by atoms with van der Waals surface area (Å²) < 4.78 is 36.3. The van der Waals surface area contributed by atoms with Crippen LogP contribution in [0.25, 0.3) is 0 Å². The molecule has 1 aliphatic rings. The minimum absolute atomic E-state index is 0.0636. The first-order valence-corrected chi connectivity index (χ1v) is 7.56. The van der Waals surface area contributed by atoms with E-state index in [1.165, 1.54) is 12.8 Å². The Kier molecular flexibility index (Phi) is 6.40. The summed E-state index contributed by atoms with van der Waals surface area (Å²) in [5, 5.41) is 0. The lowest BCUT2D eigenvalue weighted by atomic mass is 10.0. The quantitative estimate of drug-likeness (QED) is 0.671. The Morgan fingerprint density at radius 2 is 2.18 bits per heavy atom. The number of hydrogen-bond donors (Lipinski definition) is 0. The summed E-state index contributed by atoms with van der Waals surface area (Å²) in [6.07, 6.45) is 4.16. The molecule has 0 aromatic carbocycles. The summed E-state index contributed by atoms with van der Waals surface area (Å²) in [5.41, 5.74) is 0. The van der Waals surface area contributed by atoms with Gasteiger partial charge < -0.3 is 4.74 Å². The topological polar surface area (TPSA) is 61.8 Å². The van der Waals surface area contributed by atoms with E-state index < -0.39 is 16.5 Å². The number of ether oxygens (including phenoxy) is 1. The second kappa shape index (κ2) is 7.31. The lowest BCUT2D eigenvalue weighted by Crippen LogP contribution is -2.20. The molecular formula is C11H22O5S. The van der Waals surface area contributed by atoms with Gasteiger partial charge in [-0.2, -0.15) is 8.42 Å². The molecule has 0 radical (unpaired) electrons. The Hall–Kier alpha value is -0.170. The highest BCUT2D eigenvalue weighted by molar-refractivity contribution is 7.82. The van der Waals surface area contributed by atoms with Crippen LogP contribution in [0.5, 0.6) is 0 Å². The minimum Gasteiger partial charge on any atom is -0.378 e. The lowest BCUT2D eigenvalue weighted by Gasteiger charge is -2.15. The highest BCUT2D eigenvalue weighted by Crippen LogP contribution is 2.15. The standard InChI is InChI=1S/C11H22O5S/c1-3-5-6-10(4-2)7-14-8-11-9-15-17(12,13)16-11/h10-11H,3-9H2,1-2H3/t10?,11-/m1/s1. The van der Waals surface area contributed by atoms with Gasteiger partial charge >= 0.3 is 10.4 Å². The molecule has 0 amide bonds. The predicted molar refractivity (Wildman–Crippen MR) is 63.9 cm³/mol. The van der Waals surface area contributed by atoms with Crippen molar-refractivity contribution in [1.82, 2.24) is 0 Å². The van der Waals surface area contributed by atoms with Gasteiger partial charge in [-0.3, -0.25) is 0 Å². The van der Waals surface area contributed by atoms with Crippen LogP contribution in [0.3, 0.4) is 0 Å². The molecule has 0 aromatic heterocycles. The van der Waals surface area contributed by atoms with Gasteiger partial charge in [0.25, 0.3) is 0 Å². The van der Waals surface area contributed by atoms with Crippen LogP contribution in [0.4, 0.5) is 0 Å². The summed E-state index contributed by atoms with van der Waals surface area (Å²) in [6.45, 7) is 5.32. The second-order valence-electron chi connectivity index (χ2n) is 4.36. The van der Waals surface area contributed by atoms with E-state index in [2.05, 4.69) is 22.2 Å². The zero-order valence-corrected chi connectivity index (χ0v) is 11.4. The summed E-state index contributed by atoms with van der Waals surface area (Å²) in [4.78, 5) is 0. The van der Waals surface area contributed by atoms with Crippen molar-refractivity contribution in [2.45, 2.75) is 45.6 Å². The van der Waals surface area contributed by atoms with Gasteiger partial charge in [-0.1, -0.05) is 33.1 Å². The van der Waals surface area contributed by atoms with Gasteiger partial charge in [0, 0.05) is 6.61 Å². The van der Waals surface area contributed by atoms with Crippen molar-refractivity contribution in [2.24, 2.45) is 5.92 Å². The Morgan fingerprint density at radius 3 is 2.71 bits per heavy atom. The molecule has 0 saturated carbocycles. The third-order valence-electron chi connectivity index (χ3n) is 2.85. The molecule has 1 unspecified atom stereocenters. The predicted octanol–water partition coefficient (Wildman–Crippen LogP) is 1.88. The van der Waals surface area contributed by atoms with E-state index in [1.54, 1.807) is 0 Å². The van der Waals surface area contributed by atoms with Crippen LogP contribution in [0.2, 0.25) is 0 Å². The van der Waals surface area contributed by atoms with Gasteiger partial charge in [0.15, 0.2) is 0 Å². The third kappa shape index (κ3) is 5.81. The van der Waals surface area contributed by atoms with Crippen LogP contribution in [-0.2, 0) is 23.5 Å². The average molecular weight is 266 g/mol. The molecule has 1 heterocycles. The lowest BCUT2D eigenvalue weighted by molar-refractivity contribution is 0.0382. The molecule has 17 heavy (non-hydrogen) atoms. The first-order chi connectivity index (χ1) is 8.07. The smallest absolute Gasteiger partial charge is 0.378 e. The molecule has 1 saturated heterocycles. The van der Waals surface area contributed by atoms with Crippen molar-refractivity contribution in [3.8, 4) is 0 Å². The third-order valence-corrected chi connectivity index (χ3v) is 3.79. The Labute approximate surface area is 104 Å². The SMILES string of the molecule is CCCCC(CC)COC[C@@H]1COS(=O)(=O)O1. The molecule has 6 heteroatoms. The van der Waals surface area contributed by atoms with Crippen LogP contribution in [-0.4, -0.2) is 34.3 Å². The van der Waals surface area contributed by atoms with Gasteiger partial charge in [0.1, 0.15) is 6.10 Å². The van der Waals surface area contributed by atoms with Crippen LogP contribution < -0.4 is 0 Å². The fourth-order valence-electron chi connectivity index (χ4n) is 1.72. The molecule has 1 fully saturated rings. The van der Waals surface area contributed by atoms with Gasteiger partial charge in [-0.05, 0) is 12.3 Å². The van der Waals surface area contributed by atoms with Crippen molar-refractivity contribution >= 4 is 10.4 Å². The van der Waals surface area contributed by atoms with E-state index in [0.717, 1.165) is 12.8 Å². The molecule has 1 rings (SSSR count). The van der Waals surface area contributed by atoms with Crippen molar-refractivity contribution in [2.75, 3.05) is 19.8 Å². The van der Waals surface area contributed by atoms with E-state index in [0.29, 0.717) is 12.5 Å². The summed E-state index contributed by atoms with van der Waals surface area (Å²) >= 11 is 0. The maximum Gasteiger partial charge on any atom is 0.400 e. The van der Waals surface area contributed by atoms with Gasteiger partial charge in [0.05, 0.1) is 13.2 Å². The number of hydrogen-bond acceptors (Lipinski definition) is 5. The maximum absolute atomic E-state index is 10.8. The highest BCUT2D eigenvalue weighted by atomic mass is 32.3. The van der Waals surface area contributed by atoms with E-state index in [-0.39, 0.29) is 13.2 Å². The van der Waals surface area contributed by atoms with Crippen LogP contribution in [0.1, 0.15) is 39.5 Å². The van der Waals surface area contributed by atoms with Crippen molar-refractivity contribution < 1.29 is 21.5 Å². The Bertz CT molecular complexity index is 301.